The van der Waals surface area contributed by atoms with Crippen LogP contribution in [0, 0.1) is 6.92 Å². The number of halogens is 1. The topological polar surface area (TPSA) is 52.4 Å². The molecule has 2 aromatic rings. The molecule has 0 atom stereocenters. The van der Waals surface area contributed by atoms with Gasteiger partial charge in [-0.1, -0.05) is 11.6 Å². The minimum atomic E-state index is 0.216. The molecule has 0 spiro atoms. The number of rotatable bonds is 7. The van der Waals surface area contributed by atoms with Crippen LogP contribution in [-0.4, -0.2) is 50.4 Å². The van der Waals surface area contributed by atoms with Gasteiger partial charge in [0.1, 0.15) is 12.3 Å². The normalized spacial score (nSPS) is 16.0. The van der Waals surface area contributed by atoms with Crippen LogP contribution in [0.5, 0.6) is 17.2 Å². The number of carbonyl (C=O) groups is 1. The standard InChI is InChI=1S/C23H27ClN2O4/c1-17-13-19(24)5-7-20(17)28-12-2-3-23(27)26-10-8-25(9-11-26)15-18-4-6-21-22(14-18)30-16-29-21/h4-7,13-14H,2-3,8-12,15-16H2,1H3/p+1. The first-order valence-corrected chi connectivity index (χ1v) is 10.8. The Morgan fingerprint density at radius 1 is 1.13 bits per heavy atom. The molecule has 0 unspecified atom stereocenters. The van der Waals surface area contributed by atoms with E-state index < -0.39 is 0 Å². The van der Waals surface area contributed by atoms with Crippen molar-refractivity contribution in [2.45, 2.75) is 26.3 Å². The molecule has 4 rings (SSSR count). The van der Waals surface area contributed by atoms with Crippen molar-refractivity contribution in [2.75, 3.05) is 39.6 Å². The number of nitrogens with one attached hydrogen (secondary N) is 1. The predicted octanol–water partition coefficient (Wildman–Crippen LogP) is 2.46. The van der Waals surface area contributed by atoms with Gasteiger partial charge < -0.3 is 24.0 Å². The van der Waals surface area contributed by atoms with Crippen LogP contribution in [0.1, 0.15) is 24.0 Å². The summed E-state index contributed by atoms with van der Waals surface area (Å²) in [7, 11) is 0. The number of hydrogen-bond donors (Lipinski definition) is 1. The predicted molar refractivity (Wildman–Crippen MR) is 114 cm³/mol. The lowest BCUT2D eigenvalue weighted by atomic mass is 10.1. The minimum absolute atomic E-state index is 0.216. The molecule has 0 radical (unpaired) electrons. The molecule has 0 bridgehead atoms. The monoisotopic (exact) mass is 431 g/mol. The molecule has 160 valence electrons. The van der Waals surface area contributed by atoms with Crippen LogP contribution in [-0.2, 0) is 11.3 Å². The van der Waals surface area contributed by atoms with Crippen LogP contribution >= 0.6 is 11.6 Å². The van der Waals surface area contributed by atoms with Gasteiger partial charge in [0.2, 0.25) is 12.7 Å². The van der Waals surface area contributed by atoms with E-state index in [-0.39, 0.29) is 5.91 Å². The minimum Gasteiger partial charge on any atom is -0.493 e. The molecular formula is C23H28ClN2O4+. The molecule has 0 saturated carbocycles. The van der Waals surface area contributed by atoms with E-state index in [0.29, 0.717) is 31.3 Å². The van der Waals surface area contributed by atoms with Gasteiger partial charge in [0.25, 0.3) is 0 Å². The van der Waals surface area contributed by atoms with Crippen molar-refractivity contribution in [3.8, 4) is 17.2 Å². The Labute approximate surface area is 182 Å². The molecule has 30 heavy (non-hydrogen) atoms. The van der Waals surface area contributed by atoms with Crippen molar-refractivity contribution in [3.63, 3.8) is 0 Å². The highest BCUT2D eigenvalue weighted by atomic mass is 35.5. The maximum atomic E-state index is 12.5. The fourth-order valence-corrected chi connectivity index (χ4v) is 4.15. The Morgan fingerprint density at radius 3 is 2.73 bits per heavy atom. The fourth-order valence-electron chi connectivity index (χ4n) is 3.93. The number of ether oxygens (including phenoxy) is 3. The highest BCUT2D eigenvalue weighted by molar-refractivity contribution is 6.30. The summed E-state index contributed by atoms with van der Waals surface area (Å²) in [5.74, 6) is 2.69. The van der Waals surface area contributed by atoms with Gasteiger partial charge in [-0.2, -0.15) is 0 Å². The molecular weight excluding hydrogens is 404 g/mol. The average Bonchev–Trinajstić information content (AvgIpc) is 3.21. The Kier molecular flexibility index (Phi) is 6.65. The van der Waals surface area contributed by atoms with E-state index in [4.69, 9.17) is 25.8 Å². The van der Waals surface area contributed by atoms with Gasteiger partial charge in [0, 0.05) is 17.0 Å². The molecule has 1 fully saturated rings. The molecule has 1 amide bonds. The SMILES string of the molecule is Cc1cc(Cl)ccc1OCCCC(=O)N1CC[NH+](Cc2ccc3c(c2)OCO3)CC1. The van der Waals surface area contributed by atoms with Crippen LogP contribution in [0.3, 0.4) is 0 Å². The summed E-state index contributed by atoms with van der Waals surface area (Å²) >= 11 is 5.97. The van der Waals surface area contributed by atoms with E-state index in [0.717, 1.165) is 55.5 Å². The highest BCUT2D eigenvalue weighted by Gasteiger charge is 2.24. The van der Waals surface area contributed by atoms with Crippen LogP contribution in [0.2, 0.25) is 5.02 Å². The smallest absolute Gasteiger partial charge is 0.231 e. The zero-order chi connectivity index (χ0) is 20.9. The van der Waals surface area contributed by atoms with E-state index >= 15 is 0 Å². The lowest BCUT2D eigenvalue weighted by molar-refractivity contribution is -0.917. The maximum absolute atomic E-state index is 12.5. The quantitative estimate of drug-likeness (QED) is 0.684. The maximum Gasteiger partial charge on any atom is 0.231 e. The van der Waals surface area contributed by atoms with Gasteiger partial charge in [-0.25, -0.2) is 0 Å². The first-order chi connectivity index (χ1) is 14.6. The van der Waals surface area contributed by atoms with Gasteiger partial charge >= 0.3 is 0 Å². The van der Waals surface area contributed by atoms with Gasteiger partial charge in [-0.3, -0.25) is 4.79 Å². The molecule has 6 nitrogen and oxygen atoms in total. The molecule has 7 heteroatoms. The van der Waals surface area contributed by atoms with Crippen molar-refractivity contribution in [3.05, 3.63) is 52.5 Å². The molecule has 1 saturated heterocycles. The first-order valence-electron chi connectivity index (χ1n) is 10.5. The third kappa shape index (κ3) is 5.18. The number of hydrogen-bond acceptors (Lipinski definition) is 4. The fraction of sp³-hybridized carbons (Fsp3) is 0.435. The third-order valence-electron chi connectivity index (χ3n) is 5.64. The number of piperazine rings is 1. The summed E-state index contributed by atoms with van der Waals surface area (Å²) in [6.07, 6.45) is 1.23. The molecule has 2 aliphatic rings. The molecule has 2 aromatic carbocycles. The van der Waals surface area contributed by atoms with Crippen LogP contribution in [0.25, 0.3) is 0 Å². The van der Waals surface area contributed by atoms with Crippen molar-refractivity contribution >= 4 is 17.5 Å². The van der Waals surface area contributed by atoms with Crippen molar-refractivity contribution in [2.24, 2.45) is 0 Å². The van der Waals surface area contributed by atoms with Crippen molar-refractivity contribution in [1.29, 1.82) is 0 Å². The largest absolute Gasteiger partial charge is 0.493 e. The zero-order valence-electron chi connectivity index (χ0n) is 17.3. The Hall–Kier alpha value is -2.44. The summed E-state index contributed by atoms with van der Waals surface area (Å²) in [6.45, 7) is 7.26. The third-order valence-corrected chi connectivity index (χ3v) is 5.88. The number of amides is 1. The zero-order valence-corrected chi connectivity index (χ0v) is 18.0. The second kappa shape index (κ2) is 9.58. The second-order valence-corrected chi connectivity index (χ2v) is 8.29. The van der Waals surface area contributed by atoms with Crippen molar-refractivity contribution in [1.82, 2.24) is 4.90 Å². The van der Waals surface area contributed by atoms with E-state index in [1.807, 2.05) is 36.1 Å². The van der Waals surface area contributed by atoms with Gasteiger partial charge in [-0.15, -0.1) is 0 Å². The lowest BCUT2D eigenvalue weighted by Gasteiger charge is -2.32. The Morgan fingerprint density at radius 2 is 1.93 bits per heavy atom. The summed E-state index contributed by atoms with van der Waals surface area (Å²) in [5.41, 5.74) is 2.25. The Balaban J connectivity index is 1.16. The number of fused-ring (bicyclic) bond motifs is 1. The number of benzene rings is 2. The van der Waals surface area contributed by atoms with E-state index in [1.165, 1.54) is 10.5 Å². The van der Waals surface area contributed by atoms with E-state index in [9.17, 15) is 4.79 Å². The molecule has 0 aromatic heterocycles. The van der Waals surface area contributed by atoms with Crippen LogP contribution < -0.4 is 19.1 Å². The van der Waals surface area contributed by atoms with Crippen LogP contribution in [0.15, 0.2) is 36.4 Å². The van der Waals surface area contributed by atoms with E-state index in [1.54, 1.807) is 0 Å². The summed E-state index contributed by atoms with van der Waals surface area (Å²) < 4.78 is 16.6. The Bertz CT molecular complexity index is 897. The molecule has 2 heterocycles. The average molecular weight is 432 g/mol. The van der Waals surface area contributed by atoms with Crippen LogP contribution in [0.4, 0.5) is 0 Å². The van der Waals surface area contributed by atoms with E-state index in [2.05, 4.69) is 12.1 Å². The van der Waals surface area contributed by atoms with Gasteiger partial charge in [-0.05, 0) is 55.3 Å². The summed E-state index contributed by atoms with van der Waals surface area (Å²) in [5, 5.41) is 0.704. The van der Waals surface area contributed by atoms with Crippen molar-refractivity contribution < 1.29 is 23.9 Å². The molecule has 2 aliphatic heterocycles. The number of carbonyl (C=O) groups excluding carboxylic acids is 1. The number of aryl methyl sites for hydroxylation is 1. The summed E-state index contributed by atoms with van der Waals surface area (Å²) in [4.78, 5) is 16.0. The highest BCUT2D eigenvalue weighted by Crippen LogP contribution is 2.32. The number of nitrogens with zero attached hydrogens (tertiary/aromatic N) is 1. The molecule has 1 N–H and O–H groups in total. The molecule has 0 aliphatic carbocycles. The first kappa shape index (κ1) is 20.8. The summed E-state index contributed by atoms with van der Waals surface area (Å²) in [6, 6.07) is 11.7. The second-order valence-electron chi connectivity index (χ2n) is 7.86. The number of quaternary nitrogens is 1. The van der Waals surface area contributed by atoms with Gasteiger partial charge in [0.05, 0.1) is 32.8 Å². The lowest BCUT2D eigenvalue weighted by Crippen LogP contribution is -3.13. The van der Waals surface area contributed by atoms with Gasteiger partial charge in [0.15, 0.2) is 11.5 Å².